The van der Waals surface area contributed by atoms with Gasteiger partial charge in [0, 0.05) is 61.8 Å². The number of morpholine rings is 1. The molecule has 2 aromatic rings. The van der Waals surface area contributed by atoms with Gasteiger partial charge in [0.1, 0.15) is 0 Å². The molecule has 0 bridgehead atoms. The summed E-state index contributed by atoms with van der Waals surface area (Å²) in [6, 6.07) is 2.21. The van der Waals surface area contributed by atoms with Gasteiger partial charge in [-0.3, -0.25) is 14.4 Å². The molecule has 0 saturated carbocycles. The van der Waals surface area contributed by atoms with Crippen LogP contribution in [0.25, 0.3) is 11.3 Å². The van der Waals surface area contributed by atoms with Crippen molar-refractivity contribution in [2.24, 2.45) is 0 Å². The van der Waals surface area contributed by atoms with Crippen molar-refractivity contribution in [1.82, 2.24) is 24.5 Å². The van der Waals surface area contributed by atoms with Crippen molar-refractivity contribution in [3.8, 4) is 11.3 Å². The van der Waals surface area contributed by atoms with Crippen LogP contribution in [0.4, 0.5) is 0 Å². The van der Waals surface area contributed by atoms with Gasteiger partial charge in [-0.15, -0.1) is 11.3 Å². The number of hydrogen-bond acceptors (Lipinski definition) is 6. The predicted molar refractivity (Wildman–Crippen MR) is 118 cm³/mol. The monoisotopic (exact) mass is 429 g/mol. The highest BCUT2D eigenvalue weighted by molar-refractivity contribution is 7.10. The maximum atomic E-state index is 13.4. The Labute approximate surface area is 182 Å². The van der Waals surface area contributed by atoms with Crippen LogP contribution in [-0.4, -0.2) is 96.0 Å². The van der Waals surface area contributed by atoms with E-state index in [1.165, 1.54) is 16.1 Å². The van der Waals surface area contributed by atoms with Gasteiger partial charge in [0.15, 0.2) is 5.69 Å². The lowest BCUT2D eigenvalue weighted by atomic mass is 9.94. The fraction of sp³-hybridized carbons (Fsp3) is 0.636. The van der Waals surface area contributed by atoms with E-state index < -0.39 is 0 Å². The topological polar surface area (TPSA) is 53.8 Å². The molecule has 1 aliphatic carbocycles. The molecule has 8 heteroatoms. The lowest BCUT2D eigenvalue weighted by Crippen LogP contribution is -2.48. The van der Waals surface area contributed by atoms with Crippen molar-refractivity contribution in [1.29, 1.82) is 0 Å². The summed E-state index contributed by atoms with van der Waals surface area (Å²) in [5.74, 6) is 0.116. The van der Waals surface area contributed by atoms with Crippen molar-refractivity contribution in [3.05, 3.63) is 27.6 Å². The first kappa shape index (κ1) is 20.2. The lowest BCUT2D eigenvalue weighted by Gasteiger charge is -2.33. The molecular weight excluding hydrogens is 398 g/mol. The first-order valence-electron chi connectivity index (χ1n) is 11.2. The van der Waals surface area contributed by atoms with E-state index in [9.17, 15) is 4.79 Å². The largest absolute Gasteiger partial charge is 0.379 e. The highest BCUT2D eigenvalue weighted by atomic mass is 32.1. The fourth-order valence-electron chi connectivity index (χ4n) is 4.83. The Hall–Kier alpha value is -1.74. The van der Waals surface area contributed by atoms with Gasteiger partial charge in [-0.05, 0) is 30.8 Å². The quantitative estimate of drug-likeness (QED) is 0.726. The number of piperazine rings is 1. The SMILES string of the molecule is CCN1CCN(C(=O)c2nn(CCN3CCOCC3)c3c2CCc2sccc2-3)CC1. The maximum absolute atomic E-state index is 13.4. The molecule has 0 radical (unpaired) electrons. The van der Waals surface area contributed by atoms with Gasteiger partial charge >= 0.3 is 0 Å². The number of aromatic nitrogens is 2. The fourth-order valence-corrected chi connectivity index (χ4v) is 5.71. The average molecular weight is 430 g/mol. The van der Waals surface area contributed by atoms with Crippen LogP contribution in [0.3, 0.4) is 0 Å². The first-order chi connectivity index (χ1) is 14.7. The zero-order valence-corrected chi connectivity index (χ0v) is 18.6. The molecule has 2 aromatic heterocycles. The molecule has 0 unspecified atom stereocenters. The zero-order valence-electron chi connectivity index (χ0n) is 17.8. The summed E-state index contributed by atoms with van der Waals surface area (Å²) in [7, 11) is 0. The number of aryl methyl sites for hydroxylation is 1. The Bertz CT molecular complexity index is 893. The highest BCUT2D eigenvalue weighted by Gasteiger charge is 2.32. The number of ether oxygens (including phenoxy) is 1. The van der Waals surface area contributed by atoms with Gasteiger partial charge in [0.2, 0.25) is 0 Å². The van der Waals surface area contributed by atoms with Crippen LogP contribution in [-0.2, 0) is 24.1 Å². The van der Waals surface area contributed by atoms with Crippen molar-refractivity contribution in [3.63, 3.8) is 0 Å². The first-order valence-corrected chi connectivity index (χ1v) is 12.1. The number of hydrogen-bond donors (Lipinski definition) is 0. The minimum Gasteiger partial charge on any atom is -0.379 e. The molecule has 2 aliphatic heterocycles. The van der Waals surface area contributed by atoms with Gasteiger partial charge in [-0.25, -0.2) is 0 Å². The van der Waals surface area contributed by atoms with Gasteiger partial charge < -0.3 is 14.5 Å². The standard InChI is InChI=1S/C22H31N5O2S/c1-2-24-6-9-26(10-7-24)22(28)20-18-3-4-19-17(5-16-30-19)21(18)27(23-20)11-8-25-12-14-29-15-13-25/h5,16H,2-4,6-15H2,1H3. The lowest BCUT2D eigenvalue weighted by molar-refractivity contribution is 0.0360. The summed E-state index contributed by atoms with van der Waals surface area (Å²) in [5.41, 5.74) is 4.31. The Kier molecular flexibility index (Phi) is 5.91. The molecule has 1 amide bonds. The maximum Gasteiger partial charge on any atom is 0.274 e. The highest BCUT2D eigenvalue weighted by Crippen LogP contribution is 2.38. The molecule has 3 aliphatic rings. The van der Waals surface area contributed by atoms with Crippen LogP contribution in [0.1, 0.15) is 27.9 Å². The molecule has 0 spiro atoms. The number of carbonyl (C=O) groups is 1. The minimum absolute atomic E-state index is 0.116. The van der Waals surface area contributed by atoms with E-state index in [2.05, 4.69) is 32.9 Å². The van der Waals surface area contributed by atoms with Crippen LogP contribution < -0.4 is 0 Å². The molecule has 7 nitrogen and oxygen atoms in total. The normalized spacial score (nSPS) is 20.2. The number of amides is 1. The average Bonchev–Trinajstić information content (AvgIpc) is 3.42. The van der Waals surface area contributed by atoms with E-state index in [1.807, 2.05) is 16.2 Å². The zero-order chi connectivity index (χ0) is 20.5. The van der Waals surface area contributed by atoms with Crippen LogP contribution in [0, 0.1) is 0 Å². The van der Waals surface area contributed by atoms with E-state index in [0.717, 1.165) is 90.5 Å². The number of likely N-dealkylation sites (N-methyl/N-ethyl adjacent to an activating group) is 1. The summed E-state index contributed by atoms with van der Waals surface area (Å²) in [6.07, 6.45) is 1.93. The minimum atomic E-state index is 0.116. The van der Waals surface area contributed by atoms with E-state index in [4.69, 9.17) is 9.84 Å². The van der Waals surface area contributed by atoms with Gasteiger partial charge in [0.25, 0.3) is 5.91 Å². The second-order valence-electron chi connectivity index (χ2n) is 8.34. The smallest absolute Gasteiger partial charge is 0.274 e. The number of carbonyl (C=O) groups excluding carboxylic acids is 1. The molecule has 0 atom stereocenters. The molecule has 30 heavy (non-hydrogen) atoms. The van der Waals surface area contributed by atoms with Crippen LogP contribution in [0.2, 0.25) is 0 Å². The van der Waals surface area contributed by atoms with Crippen molar-refractivity contribution >= 4 is 17.2 Å². The van der Waals surface area contributed by atoms with Crippen LogP contribution in [0.5, 0.6) is 0 Å². The van der Waals surface area contributed by atoms with Crippen molar-refractivity contribution in [2.45, 2.75) is 26.3 Å². The third kappa shape index (κ3) is 3.82. The van der Waals surface area contributed by atoms with Gasteiger partial charge in [-0.2, -0.15) is 5.10 Å². The Morgan fingerprint density at radius 1 is 1.07 bits per heavy atom. The summed E-state index contributed by atoms with van der Waals surface area (Å²) in [4.78, 5) is 21.7. The summed E-state index contributed by atoms with van der Waals surface area (Å²) in [5, 5.41) is 7.10. The van der Waals surface area contributed by atoms with Gasteiger partial charge in [-0.1, -0.05) is 6.92 Å². The van der Waals surface area contributed by atoms with Crippen molar-refractivity contribution < 1.29 is 9.53 Å². The second-order valence-corrected chi connectivity index (χ2v) is 9.34. The predicted octanol–water partition coefficient (Wildman–Crippen LogP) is 1.82. The number of fused-ring (bicyclic) bond motifs is 3. The molecule has 0 aromatic carbocycles. The molecule has 162 valence electrons. The number of thiophene rings is 1. The van der Waals surface area contributed by atoms with Crippen LogP contribution in [0.15, 0.2) is 11.4 Å². The van der Waals surface area contributed by atoms with Crippen LogP contribution >= 0.6 is 11.3 Å². The molecule has 5 rings (SSSR count). The Morgan fingerprint density at radius 3 is 2.63 bits per heavy atom. The van der Waals surface area contributed by atoms with Gasteiger partial charge in [0.05, 0.1) is 25.5 Å². The number of rotatable bonds is 5. The van der Waals surface area contributed by atoms with E-state index in [1.54, 1.807) is 0 Å². The van der Waals surface area contributed by atoms with E-state index in [-0.39, 0.29) is 5.91 Å². The molecule has 2 saturated heterocycles. The van der Waals surface area contributed by atoms with E-state index in [0.29, 0.717) is 5.69 Å². The molecular formula is C22H31N5O2S. The van der Waals surface area contributed by atoms with E-state index >= 15 is 0 Å². The molecule has 2 fully saturated rings. The summed E-state index contributed by atoms with van der Waals surface area (Å²) < 4.78 is 7.60. The molecule has 0 N–H and O–H groups in total. The van der Waals surface area contributed by atoms with Crippen molar-refractivity contribution in [2.75, 3.05) is 65.6 Å². The summed E-state index contributed by atoms with van der Waals surface area (Å²) >= 11 is 1.82. The third-order valence-corrected chi connectivity index (χ3v) is 7.67. The number of nitrogens with zero attached hydrogens (tertiary/aromatic N) is 5. The Balaban J connectivity index is 1.41. The second kappa shape index (κ2) is 8.78. The molecule has 4 heterocycles. The summed E-state index contributed by atoms with van der Waals surface area (Å²) in [6.45, 7) is 12.1. The Morgan fingerprint density at radius 2 is 1.87 bits per heavy atom. The third-order valence-electron chi connectivity index (χ3n) is 6.69.